The van der Waals surface area contributed by atoms with Gasteiger partial charge in [-0.2, -0.15) is 0 Å². The molecule has 18 heteroatoms. The van der Waals surface area contributed by atoms with Crippen LogP contribution in [-0.2, 0) is 30.4 Å². The number of nitrogens with one attached hydrogen (secondary N) is 3. The molecule has 3 N–H and O–H groups in total. The van der Waals surface area contributed by atoms with Gasteiger partial charge in [-0.15, -0.1) is 0 Å². The SMILES string of the molecule is CC(C)Nc1ccc(C(=O)Nc2ccc(C(=O)Nc3ccc(C(=O)C(C)C)cc3S(=O)(=O)[O-])cc2S(=O)(=O)[O-])cc1S(=O)(=O)[O-]. The van der Waals surface area contributed by atoms with Crippen LogP contribution >= 0.6 is 0 Å². The van der Waals surface area contributed by atoms with Gasteiger partial charge in [0.15, 0.2) is 5.78 Å². The molecule has 0 heterocycles. The first-order valence-electron chi connectivity index (χ1n) is 12.8. The zero-order valence-electron chi connectivity index (χ0n) is 24.0. The fourth-order valence-corrected chi connectivity index (χ4v) is 5.97. The van der Waals surface area contributed by atoms with Crippen molar-refractivity contribution in [3.05, 3.63) is 71.3 Å². The van der Waals surface area contributed by atoms with Crippen LogP contribution in [0.5, 0.6) is 0 Å². The zero-order chi connectivity index (χ0) is 34.1. The Bertz CT molecular complexity index is 2020. The fourth-order valence-electron chi connectivity index (χ4n) is 3.98. The van der Waals surface area contributed by atoms with Crippen molar-refractivity contribution in [2.24, 2.45) is 5.92 Å². The van der Waals surface area contributed by atoms with Crippen molar-refractivity contribution >= 4 is 65.0 Å². The summed E-state index contributed by atoms with van der Waals surface area (Å²) in [6.07, 6.45) is 0. The van der Waals surface area contributed by atoms with Crippen LogP contribution in [0.25, 0.3) is 0 Å². The highest BCUT2D eigenvalue weighted by atomic mass is 32.2. The lowest BCUT2D eigenvalue weighted by molar-refractivity contribution is 0.0938. The molecule has 242 valence electrons. The number of anilines is 3. The molecule has 2 amide bonds. The van der Waals surface area contributed by atoms with E-state index in [-0.39, 0.29) is 22.9 Å². The van der Waals surface area contributed by atoms with Crippen molar-refractivity contribution in [3.63, 3.8) is 0 Å². The smallest absolute Gasteiger partial charge is 0.255 e. The van der Waals surface area contributed by atoms with Gasteiger partial charge in [0.05, 0.1) is 31.7 Å². The second-order valence-corrected chi connectivity index (χ2v) is 14.3. The lowest BCUT2D eigenvalue weighted by Crippen LogP contribution is -2.19. The van der Waals surface area contributed by atoms with Crippen LogP contribution in [0.4, 0.5) is 17.1 Å². The molecule has 0 atom stereocenters. The Hall–Kier alpha value is -4.20. The first-order valence-corrected chi connectivity index (χ1v) is 17.1. The molecule has 3 rings (SSSR count). The van der Waals surface area contributed by atoms with Gasteiger partial charge >= 0.3 is 0 Å². The number of Topliss-reactive ketones (excluding diaryl/α,β-unsaturated/α-hetero) is 1. The topological polar surface area (TPSA) is 259 Å². The van der Waals surface area contributed by atoms with E-state index >= 15 is 0 Å². The van der Waals surface area contributed by atoms with E-state index in [0.717, 1.165) is 42.5 Å². The van der Waals surface area contributed by atoms with Gasteiger partial charge in [0.1, 0.15) is 30.4 Å². The largest absolute Gasteiger partial charge is 0.744 e. The third-order valence-corrected chi connectivity index (χ3v) is 8.66. The summed E-state index contributed by atoms with van der Waals surface area (Å²) in [6, 6.07) is 8.15. The van der Waals surface area contributed by atoms with E-state index in [1.165, 1.54) is 6.07 Å². The van der Waals surface area contributed by atoms with Gasteiger partial charge in [-0.1, -0.05) is 13.8 Å². The van der Waals surface area contributed by atoms with E-state index < -0.39 is 85.5 Å². The average molecular weight is 681 g/mol. The van der Waals surface area contributed by atoms with Crippen LogP contribution < -0.4 is 16.0 Å². The summed E-state index contributed by atoms with van der Waals surface area (Å²) in [5.74, 6) is -3.29. The molecule has 0 aliphatic heterocycles. The van der Waals surface area contributed by atoms with E-state index in [1.54, 1.807) is 27.7 Å². The summed E-state index contributed by atoms with van der Waals surface area (Å²) in [6.45, 7) is 6.44. The van der Waals surface area contributed by atoms with E-state index in [4.69, 9.17) is 0 Å². The second kappa shape index (κ2) is 13.0. The lowest BCUT2D eigenvalue weighted by atomic mass is 10.0. The molecule has 0 unspecified atom stereocenters. The Morgan fingerprint density at radius 2 is 0.889 bits per heavy atom. The number of amides is 2. The fraction of sp³-hybridized carbons (Fsp3) is 0.222. The molecule has 0 aliphatic rings. The lowest BCUT2D eigenvalue weighted by Gasteiger charge is -2.19. The van der Waals surface area contributed by atoms with Gasteiger partial charge in [-0.05, 0) is 68.4 Å². The number of benzene rings is 3. The number of carbonyl (C=O) groups is 3. The first kappa shape index (κ1) is 35.3. The monoisotopic (exact) mass is 680 g/mol. The predicted molar refractivity (Wildman–Crippen MR) is 157 cm³/mol. The Kier molecular flexibility index (Phi) is 10.2. The molecule has 0 spiro atoms. The maximum Gasteiger partial charge on any atom is 0.255 e. The van der Waals surface area contributed by atoms with E-state index in [9.17, 15) is 53.3 Å². The highest BCUT2D eigenvalue weighted by molar-refractivity contribution is 7.86. The van der Waals surface area contributed by atoms with Crippen LogP contribution in [0.15, 0.2) is 69.3 Å². The molecule has 3 aromatic carbocycles. The minimum atomic E-state index is -5.38. The van der Waals surface area contributed by atoms with Gasteiger partial charge in [-0.3, -0.25) is 14.4 Å². The molecule has 0 aliphatic carbocycles. The average Bonchev–Trinajstić information content (AvgIpc) is 2.91. The number of ketones is 1. The standard InChI is InChI=1S/C27H29N3O12S3/c1-14(2)25(31)16-5-8-20(22(11-16)43(34,35)36)29-27(33)18-7-10-21(24(13-18)45(40,41)42)30-26(32)17-6-9-19(28-15(3)4)23(12-17)44(37,38)39/h5-15,28H,1-4H3,(H,29,33)(H,30,32)(H,34,35,36)(H,37,38,39)(H,40,41,42)/p-3. The van der Waals surface area contributed by atoms with Gasteiger partial charge in [0.25, 0.3) is 11.8 Å². The molecule has 3 aromatic rings. The van der Waals surface area contributed by atoms with Crippen LogP contribution in [0, 0.1) is 5.92 Å². The van der Waals surface area contributed by atoms with E-state index in [1.807, 2.05) is 0 Å². The highest BCUT2D eigenvalue weighted by Crippen LogP contribution is 2.28. The quantitative estimate of drug-likeness (QED) is 0.194. The number of hydrogen-bond acceptors (Lipinski definition) is 13. The normalized spacial score (nSPS) is 12.2. The van der Waals surface area contributed by atoms with Crippen LogP contribution in [0.3, 0.4) is 0 Å². The predicted octanol–water partition coefficient (Wildman–Crippen LogP) is 2.56. The van der Waals surface area contributed by atoms with Crippen molar-refractivity contribution in [2.45, 2.75) is 48.4 Å². The summed E-state index contributed by atoms with van der Waals surface area (Å²) >= 11 is 0. The molecular formula is C27H26N3O12S3-3. The summed E-state index contributed by atoms with van der Waals surface area (Å²) in [4.78, 5) is 35.3. The van der Waals surface area contributed by atoms with Gasteiger partial charge in [0.2, 0.25) is 0 Å². The van der Waals surface area contributed by atoms with Crippen molar-refractivity contribution < 1.29 is 53.3 Å². The van der Waals surface area contributed by atoms with Crippen LogP contribution in [-0.4, -0.2) is 62.6 Å². The molecular weight excluding hydrogens is 655 g/mol. The molecule has 0 bridgehead atoms. The van der Waals surface area contributed by atoms with Crippen molar-refractivity contribution in [3.8, 4) is 0 Å². The van der Waals surface area contributed by atoms with Crippen LogP contribution in [0.1, 0.15) is 58.8 Å². The third kappa shape index (κ3) is 8.71. The highest BCUT2D eigenvalue weighted by Gasteiger charge is 2.21. The van der Waals surface area contributed by atoms with Crippen molar-refractivity contribution in [1.29, 1.82) is 0 Å². The summed E-state index contributed by atoms with van der Waals surface area (Å²) < 4.78 is 107. The molecule has 15 nitrogen and oxygen atoms in total. The van der Waals surface area contributed by atoms with Crippen LogP contribution in [0.2, 0.25) is 0 Å². The summed E-state index contributed by atoms with van der Waals surface area (Å²) in [7, 11) is -15.7. The Morgan fingerprint density at radius 3 is 1.24 bits per heavy atom. The van der Waals surface area contributed by atoms with Crippen molar-refractivity contribution in [2.75, 3.05) is 16.0 Å². The van der Waals surface area contributed by atoms with Gasteiger partial charge in [-0.25, -0.2) is 25.3 Å². The Labute approximate surface area is 259 Å². The molecule has 0 aromatic heterocycles. The van der Waals surface area contributed by atoms with Crippen molar-refractivity contribution in [1.82, 2.24) is 0 Å². The number of carbonyl (C=O) groups excluding carboxylic acids is 3. The number of hydrogen-bond donors (Lipinski definition) is 3. The van der Waals surface area contributed by atoms with E-state index in [0.29, 0.717) is 6.07 Å². The minimum absolute atomic E-state index is 0.0798. The molecule has 0 fully saturated rings. The third-order valence-electron chi connectivity index (χ3n) is 6.03. The molecule has 45 heavy (non-hydrogen) atoms. The molecule has 0 radical (unpaired) electrons. The molecule has 0 saturated carbocycles. The Morgan fingerprint density at radius 1 is 0.556 bits per heavy atom. The van der Waals surface area contributed by atoms with E-state index in [2.05, 4.69) is 16.0 Å². The van der Waals surface area contributed by atoms with Gasteiger partial charge in [0, 0.05) is 28.7 Å². The zero-order valence-corrected chi connectivity index (χ0v) is 26.4. The maximum absolute atomic E-state index is 12.9. The Balaban J connectivity index is 1.99. The van der Waals surface area contributed by atoms with Gasteiger partial charge < -0.3 is 29.6 Å². The maximum atomic E-state index is 12.9. The molecule has 0 saturated heterocycles. The summed E-state index contributed by atoms with van der Waals surface area (Å²) in [5.41, 5.74) is -2.23. The minimum Gasteiger partial charge on any atom is -0.744 e. The number of rotatable bonds is 11. The second-order valence-electron chi connectivity index (χ2n) is 10.2. The summed E-state index contributed by atoms with van der Waals surface area (Å²) in [5, 5.41) is 7.00. The first-order chi connectivity index (χ1) is 20.6.